The molecule has 0 saturated heterocycles. The van der Waals surface area contributed by atoms with Gasteiger partial charge in [0.1, 0.15) is 6.54 Å². The van der Waals surface area contributed by atoms with Crippen LogP contribution in [0.2, 0.25) is 0 Å². The van der Waals surface area contributed by atoms with Crippen LogP contribution in [0.3, 0.4) is 0 Å². The van der Waals surface area contributed by atoms with Crippen LogP contribution in [-0.4, -0.2) is 25.8 Å². The van der Waals surface area contributed by atoms with Crippen LogP contribution in [0.5, 0.6) is 0 Å². The number of anilines is 1. The highest BCUT2D eigenvalue weighted by Crippen LogP contribution is 2.36. The lowest BCUT2D eigenvalue weighted by Gasteiger charge is -2.27. The van der Waals surface area contributed by atoms with E-state index >= 15 is 0 Å². The van der Waals surface area contributed by atoms with Gasteiger partial charge >= 0.3 is 6.18 Å². The van der Waals surface area contributed by atoms with E-state index in [4.69, 9.17) is 0 Å². The van der Waals surface area contributed by atoms with Crippen LogP contribution in [-0.2, 0) is 6.54 Å². The van der Waals surface area contributed by atoms with E-state index in [9.17, 15) is 13.2 Å². The number of hydrogen-bond acceptors (Lipinski definition) is 2. The smallest absolute Gasteiger partial charge is 0.359 e. The van der Waals surface area contributed by atoms with E-state index in [2.05, 4.69) is 5.32 Å². The molecule has 0 atom stereocenters. The summed E-state index contributed by atoms with van der Waals surface area (Å²) in [6.45, 7) is 1.74. The van der Waals surface area contributed by atoms with Crippen molar-refractivity contribution in [3.8, 4) is 0 Å². The predicted molar refractivity (Wildman–Crippen MR) is 70.4 cm³/mol. The zero-order valence-corrected chi connectivity index (χ0v) is 11.2. The van der Waals surface area contributed by atoms with E-state index in [1.807, 2.05) is 32.2 Å². The summed E-state index contributed by atoms with van der Waals surface area (Å²) in [5.41, 5.74) is 2.70. The van der Waals surface area contributed by atoms with Gasteiger partial charge in [-0.05, 0) is 44.0 Å². The molecule has 106 valence electrons. The Labute approximate surface area is 111 Å². The Balaban J connectivity index is 2.21. The van der Waals surface area contributed by atoms with Crippen LogP contribution in [0.4, 0.5) is 18.9 Å². The maximum Gasteiger partial charge on any atom is 0.405 e. The molecule has 1 aromatic carbocycles. The van der Waals surface area contributed by atoms with Crippen LogP contribution in [0.15, 0.2) is 18.2 Å². The molecule has 0 spiro atoms. The Morgan fingerprint density at radius 2 is 2.00 bits per heavy atom. The Kier molecular flexibility index (Phi) is 4.04. The van der Waals surface area contributed by atoms with Crippen LogP contribution in [0, 0.1) is 6.92 Å². The summed E-state index contributed by atoms with van der Waals surface area (Å²) < 4.78 is 38.0. The molecule has 2 nitrogen and oxygen atoms in total. The number of halogens is 3. The van der Waals surface area contributed by atoms with Crippen molar-refractivity contribution in [2.24, 2.45) is 0 Å². The normalized spacial score (nSPS) is 15.6. The van der Waals surface area contributed by atoms with Crippen LogP contribution in [0.25, 0.3) is 0 Å². The monoisotopic (exact) mass is 272 g/mol. The largest absolute Gasteiger partial charge is 0.405 e. The number of nitrogens with zero attached hydrogens (tertiary/aromatic N) is 1. The summed E-state index contributed by atoms with van der Waals surface area (Å²) in [5, 5.41) is 3.04. The second-order valence-corrected chi connectivity index (χ2v) is 5.13. The Hall–Kier alpha value is -1.23. The molecule has 1 aliphatic carbocycles. The molecule has 1 saturated carbocycles. The zero-order chi connectivity index (χ0) is 14.0. The third-order valence-electron chi connectivity index (χ3n) is 3.29. The molecule has 5 heteroatoms. The van der Waals surface area contributed by atoms with E-state index in [1.54, 1.807) is 0 Å². The first kappa shape index (κ1) is 14.2. The van der Waals surface area contributed by atoms with Crippen molar-refractivity contribution in [3.05, 3.63) is 29.3 Å². The number of hydrogen-bond donors (Lipinski definition) is 1. The fourth-order valence-electron chi connectivity index (χ4n) is 2.34. The Morgan fingerprint density at radius 1 is 1.32 bits per heavy atom. The first-order valence-electron chi connectivity index (χ1n) is 6.48. The molecule has 2 rings (SSSR count). The van der Waals surface area contributed by atoms with Gasteiger partial charge in [0.05, 0.1) is 0 Å². The van der Waals surface area contributed by atoms with Crippen LogP contribution < -0.4 is 10.2 Å². The van der Waals surface area contributed by atoms with Crippen molar-refractivity contribution in [2.75, 3.05) is 18.5 Å². The third kappa shape index (κ3) is 3.86. The summed E-state index contributed by atoms with van der Waals surface area (Å²) in [5.74, 6) is 0. The number of aryl methyl sites for hydroxylation is 1. The van der Waals surface area contributed by atoms with Gasteiger partial charge in [-0.25, -0.2) is 0 Å². The van der Waals surface area contributed by atoms with Gasteiger partial charge in [-0.15, -0.1) is 0 Å². The highest BCUT2D eigenvalue weighted by molar-refractivity contribution is 5.56. The molecule has 0 amide bonds. The van der Waals surface area contributed by atoms with Gasteiger partial charge in [-0.3, -0.25) is 0 Å². The van der Waals surface area contributed by atoms with E-state index in [-0.39, 0.29) is 6.04 Å². The summed E-state index contributed by atoms with van der Waals surface area (Å²) in [4.78, 5) is 1.50. The van der Waals surface area contributed by atoms with Gasteiger partial charge < -0.3 is 10.2 Å². The van der Waals surface area contributed by atoms with E-state index in [1.165, 1.54) is 4.90 Å². The molecule has 0 aliphatic heterocycles. The second kappa shape index (κ2) is 5.41. The number of rotatable bonds is 5. The predicted octanol–water partition coefficient (Wildman–Crippen LogP) is 3.25. The Morgan fingerprint density at radius 3 is 2.47 bits per heavy atom. The minimum atomic E-state index is -4.15. The molecule has 0 unspecified atom stereocenters. The molecule has 19 heavy (non-hydrogen) atoms. The standard InChI is InChI=1S/C14H19F3N2/c1-10-7-11(8-18-2)3-6-13(10)19(12-4-5-12)9-14(15,16)17/h3,6-7,12,18H,4-5,8-9H2,1-2H3. The maximum absolute atomic E-state index is 12.7. The van der Waals surface area contributed by atoms with E-state index < -0.39 is 12.7 Å². The number of nitrogens with one attached hydrogen (secondary N) is 1. The lowest BCUT2D eigenvalue weighted by molar-refractivity contribution is -0.120. The summed E-state index contributed by atoms with van der Waals surface area (Å²) in [6.07, 6.45) is -2.44. The molecule has 0 bridgehead atoms. The van der Waals surface area contributed by atoms with Gasteiger partial charge in [0.25, 0.3) is 0 Å². The Bertz CT molecular complexity index is 439. The van der Waals surface area contributed by atoms with Gasteiger partial charge in [-0.2, -0.15) is 13.2 Å². The second-order valence-electron chi connectivity index (χ2n) is 5.13. The quantitative estimate of drug-likeness (QED) is 0.885. The van der Waals surface area contributed by atoms with Gasteiger partial charge in [0.2, 0.25) is 0 Å². The fourth-order valence-corrected chi connectivity index (χ4v) is 2.34. The molecular weight excluding hydrogens is 253 g/mol. The molecule has 1 aromatic rings. The lowest BCUT2D eigenvalue weighted by atomic mass is 10.1. The highest BCUT2D eigenvalue weighted by Gasteiger charge is 2.38. The molecular formula is C14H19F3N2. The first-order chi connectivity index (χ1) is 8.90. The average Bonchev–Trinajstić information content (AvgIpc) is 3.09. The van der Waals surface area contributed by atoms with Crippen molar-refractivity contribution in [1.82, 2.24) is 5.32 Å². The molecule has 0 heterocycles. The zero-order valence-electron chi connectivity index (χ0n) is 11.2. The fraction of sp³-hybridized carbons (Fsp3) is 0.571. The number of alkyl halides is 3. The molecule has 1 aliphatic rings. The first-order valence-corrected chi connectivity index (χ1v) is 6.48. The average molecular weight is 272 g/mol. The van der Waals surface area contributed by atoms with Gasteiger partial charge in [-0.1, -0.05) is 12.1 Å². The maximum atomic E-state index is 12.7. The van der Waals surface area contributed by atoms with Gasteiger partial charge in [0, 0.05) is 18.3 Å². The topological polar surface area (TPSA) is 15.3 Å². The van der Waals surface area contributed by atoms with Gasteiger partial charge in [0.15, 0.2) is 0 Å². The SMILES string of the molecule is CNCc1ccc(N(CC(F)(F)F)C2CC2)c(C)c1. The van der Waals surface area contributed by atoms with E-state index in [0.717, 1.165) is 30.5 Å². The number of benzene rings is 1. The van der Waals surface area contributed by atoms with Crippen LogP contribution in [0.1, 0.15) is 24.0 Å². The van der Waals surface area contributed by atoms with Crippen LogP contribution >= 0.6 is 0 Å². The minimum Gasteiger partial charge on any atom is -0.359 e. The highest BCUT2D eigenvalue weighted by atomic mass is 19.4. The molecule has 1 fully saturated rings. The lowest BCUT2D eigenvalue weighted by Crippen LogP contribution is -2.36. The van der Waals surface area contributed by atoms with Crippen molar-refractivity contribution in [2.45, 2.75) is 38.5 Å². The summed E-state index contributed by atoms with van der Waals surface area (Å²) in [6, 6.07) is 5.71. The van der Waals surface area contributed by atoms with E-state index in [0.29, 0.717) is 5.69 Å². The molecule has 1 N–H and O–H groups in total. The summed E-state index contributed by atoms with van der Waals surface area (Å²) >= 11 is 0. The minimum absolute atomic E-state index is 0.0514. The molecule has 0 radical (unpaired) electrons. The van der Waals surface area contributed by atoms with Crippen molar-refractivity contribution in [1.29, 1.82) is 0 Å². The summed E-state index contributed by atoms with van der Waals surface area (Å²) in [7, 11) is 1.85. The van der Waals surface area contributed by atoms with Crippen molar-refractivity contribution >= 4 is 5.69 Å². The molecule has 0 aromatic heterocycles. The van der Waals surface area contributed by atoms with Crippen molar-refractivity contribution in [3.63, 3.8) is 0 Å². The third-order valence-corrected chi connectivity index (χ3v) is 3.29. The van der Waals surface area contributed by atoms with Crippen molar-refractivity contribution < 1.29 is 13.2 Å².